The molecule has 3 aromatic rings. The highest BCUT2D eigenvalue weighted by atomic mass is 35.5. The lowest BCUT2D eigenvalue weighted by atomic mass is 9.96. The summed E-state index contributed by atoms with van der Waals surface area (Å²) >= 11 is 6.11. The Kier molecular flexibility index (Phi) is 6.53. The molecule has 1 fully saturated rings. The number of aromatic hydroxyl groups is 1. The fourth-order valence-electron chi connectivity index (χ4n) is 4.55. The molecule has 2 heterocycles. The van der Waals surface area contributed by atoms with Crippen LogP contribution in [0.5, 0.6) is 5.75 Å². The van der Waals surface area contributed by atoms with Gasteiger partial charge in [0.15, 0.2) is 0 Å². The van der Waals surface area contributed by atoms with Crippen LogP contribution in [0.25, 0.3) is 0 Å². The van der Waals surface area contributed by atoms with Crippen molar-refractivity contribution in [2.45, 2.75) is 26.4 Å². The third-order valence-electron chi connectivity index (χ3n) is 6.17. The van der Waals surface area contributed by atoms with E-state index in [1.807, 2.05) is 36.9 Å². The molecule has 1 N–H and O–H groups in total. The monoisotopic (exact) mass is 455 g/mol. The second-order valence-corrected chi connectivity index (χ2v) is 8.50. The van der Waals surface area contributed by atoms with E-state index in [1.165, 1.54) is 6.07 Å². The summed E-state index contributed by atoms with van der Waals surface area (Å²) in [6.07, 6.45) is 0. The van der Waals surface area contributed by atoms with Gasteiger partial charge in [-0.05, 0) is 49.7 Å². The molecule has 0 saturated carbocycles. The van der Waals surface area contributed by atoms with Gasteiger partial charge in [-0.25, -0.2) is 4.39 Å². The van der Waals surface area contributed by atoms with Crippen LogP contribution >= 0.6 is 11.6 Å². The van der Waals surface area contributed by atoms with Crippen molar-refractivity contribution in [1.29, 1.82) is 0 Å². The van der Waals surface area contributed by atoms with E-state index in [4.69, 9.17) is 11.6 Å². The summed E-state index contributed by atoms with van der Waals surface area (Å²) in [6, 6.07) is 15.4. The number of anilines is 1. The normalized spacial score (nSPS) is 15.7. The maximum absolute atomic E-state index is 14.3. The van der Waals surface area contributed by atoms with E-state index in [-0.39, 0.29) is 17.1 Å². The van der Waals surface area contributed by atoms with Gasteiger partial charge in [-0.15, -0.1) is 0 Å². The predicted octanol–water partition coefficient (Wildman–Crippen LogP) is 4.59. The Morgan fingerprint density at radius 3 is 2.34 bits per heavy atom. The molecule has 1 aromatic heterocycles. The van der Waals surface area contributed by atoms with Gasteiger partial charge in [0, 0.05) is 43.4 Å². The van der Waals surface area contributed by atoms with Crippen LogP contribution in [-0.2, 0) is 6.54 Å². The average molecular weight is 456 g/mol. The number of pyridine rings is 1. The first-order valence-electron chi connectivity index (χ1n) is 10.8. The molecule has 0 radical (unpaired) electrons. The Balaban J connectivity index is 1.72. The molecular formula is C25H27ClFN3O2. The highest BCUT2D eigenvalue weighted by Crippen LogP contribution is 2.34. The maximum atomic E-state index is 14.3. The number of hydrogen-bond donors (Lipinski definition) is 1. The van der Waals surface area contributed by atoms with Gasteiger partial charge in [0.25, 0.3) is 5.56 Å². The quantitative estimate of drug-likeness (QED) is 0.611. The topological polar surface area (TPSA) is 48.7 Å². The number of benzene rings is 2. The van der Waals surface area contributed by atoms with E-state index < -0.39 is 6.04 Å². The lowest BCUT2D eigenvalue weighted by molar-refractivity contribution is 0.207. The van der Waals surface area contributed by atoms with Crippen LogP contribution < -0.4 is 10.5 Å². The molecule has 0 bridgehead atoms. The number of halogens is 2. The molecule has 1 aliphatic heterocycles. The average Bonchev–Trinajstić information content (AvgIpc) is 2.78. The molecular weight excluding hydrogens is 429 g/mol. The Morgan fingerprint density at radius 2 is 1.72 bits per heavy atom. The van der Waals surface area contributed by atoms with E-state index in [9.17, 15) is 14.3 Å². The summed E-state index contributed by atoms with van der Waals surface area (Å²) in [5.41, 5.74) is 2.35. The third-order valence-corrected chi connectivity index (χ3v) is 6.42. The Bertz CT molecular complexity index is 1150. The highest BCUT2D eigenvalue weighted by molar-refractivity contribution is 6.30. The van der Waals surface area contributed by atoms with Gasteiger partial charge in [-0.3, -0.25) is 9.69 Å². The largest absolute Gasteiger partial charge is 0.507 e. The summed E-state index contributed by atoms with van der Waals surface area (Å²) in [5.74, 6) is -0.245. The Labute approximate surface area is 192 Å². The molecule has 168 valence electrons. The van der Waals surface area contributed by atoms with Crippen LogP contribution in [0.2, 0.25) is 5.02 Å². The molecule has 32 heavy (non-hydrogen) atoms. The Morgan fingerprint density at radius 1 is 1.06 bits per heavy atom. The van der Waals surface area contributed by atoms with E-state index >= 15 is 0 Å². The van der Waals surface area contributed by atoms with Crippen molar-refractivity contribution in [1.82, 2.24) is 9.47 Å². The van der Waals surface area contributed by atoms with Crippen molar-refractivity contribution in [2.24, 2.45) is 0 Å². The van der Waals surface area contributed by atoms with Gasteiger partial charge in [-0.1, -0.05) is 35.9 Å². The predicted molar refractivity (Wildman–Crippen MR) is 126 cm³/mol. The number of nitrogens with zero attached hydrogens (tertiary/aromatic N) is 3. The summed E-state index contributed by atoms with van der Waals surface area (Å²) in [7, 11) is 0. The van der Waals surface area contributed by atoms with E-state index in [2.05, 4.69) is 4.90 Å². The zero-order chi connectivity index (χ0) is 22.8. The zero-order valence-corrected chi connectivity index (χ0v) is 19.0. The first-order valence-corrected chi connectivity index (χ1v) is 11.2. The Hall–Kier alpha value is -2.83. The zero-order valence-electron chi connectivity index (χ0n) is 18.3. The molecule has 5 nitrogen and oxygen atoms in total. The van der Waals surface area contributed by atoms with Crippen molar-refractivity contribution in [3.63, 3.8) is 0 Å². The molecule has 4 rings (SSSR count). The van der Waals surface area contributed by atoms with E-state index in [0.29, 0.717) is 49.0 Å². The van der Waals surface area contributed by atoms with Gasteiger partial charge >= 0.3 is 0 Å². The van der Waals surface area contributed by atoms with Crippen LogP contribution in [0.15, 0.2) is 59.4 Å². The number of para-hydroxylation sites is 1. The SMILES string of the molecule is CCn1c(C)cc(O)c(C(c2ccc(Cl)cc2)N2CCN(c3ccccc3F)CC2)c1=O. The fraction of sp³-hybridized carbons (Fsp3) is 0.320. The lowest BCUT2D eigenvalue weighted by Crippen LogP contribution is -2.49. The number of rotatable bonds is 5. The first-order chi connectivity index (χ1) is 15.4. The van der Waals surface area contributed by atoms with Crippen molar-refractivity contribution in [3.05, 3.63) is 92.6 Å². The highest BCUT2D eigenvalue weighted by Gasteiger charge is 2.31. The van der Waals surface area contributed by atoms with Gasteiger partial charge in [0.1, 0.15) is 11.6 Å². The molecule has 7 heteroatoms. The van der Waals surface area contributed by atoms with Gasteiger partial charge in [0.05, 0.1) is 17.3 Å². The summed E-state index contributed by atoms with van der Waals surface area (Å²) in [4.78, 5) is 17.6. The van der Waals surface area contributed by atoms with Crippen molar-refractivity contribution < 1.29 is 9.50 Å². The summed E-state index contributed by atoms with van der Waals surface area (Å²) in [6.45, 7) is 6.70. The van der Waals surface area contributed by atoms with Crippen LogP contribution in [0.3, 0.4) is 0 Å². The number of aromatic nitrogens is 1. The van der Waals surface area contributed by atoms with Gasteiger partial charge in [0.2, 0.25) is 0 Å². The van der Waals surface area contributed by atoms with Gasteiger partial charge in [-0.2, -0.15) is 0 Å². The van der Waals surface area contributed by atoms with Gasteiger partial charge < -0.3 is 14.6 Å². The summed E-state index contributed by atoms with van der Waals surface area (Å²) < 4.78 is 16.0. The van der Waals surface area contributed by atoms with Crippen LogP contribution in [-0.4, -0.2) is 40.8 Å². The molecule has 0 amide bonds. The molecule has 1 saturated heterocycles. The second kappa shape index (κ2) is 9.35. The molecule has 0 aliphatic carbocycles. The minimum absolute atomic E-state index is 0.00585. The van der Waals surface area contributed by atoms with E-state index in [0.717, 1.165) is 11.3 Å². The minimum Gasteiger partial charge on any atom is -0.507 e. The van der Waals surface area contributed by atoms with Crippen LogP contribution in [0.4, 0.5) is 10.1 Å². The smallest absolute Gasteiger partial charge is 0.259 e. The molecule has 1 atom stereocenters. The van der Waals surface area contributed by atoms with Crippen molar-refractivity contribution in [2.75, 3.05) is 31.1 Å². The lowest BCUT2D eigenvalue weighted by Gasteiger charge is -2.40. The number of piperazine rings is 1. The molecule has 1 unspecified atom stereocenters. The summed E-state index contributed by atoms with van der Waals surface area (Å²) in [5, 5.41) is 11.5. The number of hydrogen-bond acceptors (Lipinski definition) is 4. The van der Waals surface area contributed by atoms with Crippen LogP contribution in [0.1, 0.15) is 29.8 Å². The van der Waals surface area contributed by atoms with Crippen LogP contribution in [0, 0.1) is 12.7 Å². The first kappa shape index (κ1) is 22.4. The molecule has 1 aliphatic rings. The standard InChI is InChI=1S/C25H27ClFN3O2/c1-3-30-17(2)16-22(31)23(25(30)32)24(18-8-10-19(26)11-9-18)29-14-12-28(13-15-29)21-7-5-4-6-20(21)27/h4-11,16,24,31H,3,12-15H2,1-2H3. The van der Waals surface area contributed by atoms with E-state index in [1.54, 1.807) is 34.9 Å². The second-order valence-electron chi connectivity index (χ2n) is 8.06. The maximum Gasteiger partial charge on any atom is 0.259 e. The third kappa shape index (κ3) is 4.25. The number of aryl methyl sites for hydroxylation is 1. The minimum atomic E-state index is -0.430. The molecule has 0 spiro atoms. The van der Waals surface area contributed by atoms with Crippen molar-refractivity contribution >= 4 is 17.3 Å². The van der Waals surface area contributed by atoms with Crippen molar-refractivity contribution in [3.8, 4) is 5.75 Å². The molecule has 2 aromatic carbocycles. The fourth-order valence-corrected chi connectivity index (χ4v) is 4.68.